The molecule has 1 amide bonds. The van der Waals surface area contributed by atoms with Crippen LogP contribution in [-0.4, -0.2) is 59.8 Å². The van der Waals surface area contributed by atoms with Crippen LogP contribution in [0, 0.1) is 23.2 Å². The monoisotopic (exact) mass is 395 g/mol. The van der Waals surface area contributed by atoms with E-state index in [2.05, 4.69) is 5.32 Å². The van der Waals surface area contributed by atoms with Gasteiger partial charge >= 0.3 is 6.09 Å². The van der Waals surface area contributed by atoms with Crippen molar-refractivity contribution in [2.24, 2.45) is 17.6 Å². The van der Waals surface area contributed by atoms with E-state index >= 15 is 0 Å². The highest BCUT2D eigenvalue weighted by molar-refractivity contribution is 5.85. The van der Waals surface area contributed by atoms with Crippen LogP contribution in [0.1, 0.15) is 30.3 Å². The van der Waals surface area contributed by atoms with Crippen LogP contribution in [0.4, 0.5) is 4.79 Å². The minimum Gasteiger partial charge on any atom is -0.445 e. The third kappa shape index (κ3) is 4.80. The minimum atomic E-state index is -0.284. The molecule has 4 atom stereocenters. The SMILES string of the molecule is CC(CN)OC(=O)N1C[C@H]2CC(NCC(=O)n3cccc3C#N)C[C@H]2C1.Cl. The molecule has 3 rings (SSSR count). The molecule has 2 fully saturated rings. The lowest BCUT2D eigenvalue weighted by Gasteiger charge is -2.21. The predicted octanol–water partition coefficient (Wildman–Crippen LogP) is 1.21. The number of ether oxygens (including phenoxy) is 1. The molecular formula is C18H26ClN5O3. The van der Waals surface area contributed by atoms with Crippen LogP contribution in [0.3, 0.4) is 0 Å². The smallest absolute Gasteiger partial charge is 0.410 e. The van der Waals surface area contributed by atoms with Crippen molar-refractivity contribution in [3.63, 3.8) is 0 Å². The van der Waals surface area contributed by atoms with E-state index in [1.165, 1.54) is 4.57 Å². The van der Waals surface area contributed by atoms with Crippen molar-refractivity contribution in [1.29, 1.82) is 5.26 Å². The van der Waals surface area contributed by atoms with Crippen molar-refractivity contribution in [2.75, 3.05) is 26.2 Å². The Labute approximate surface area is 165 Å². The third-order valence-electron chi connectivity index (χ3n) is 5.32. The topological polar surface area (TPSA) is 113 Å². The number of carbonyl (C=O) groups is 2. The Bertz CT molecular complexity index is 702. The number of carbonyl (C=O) groups excluding carboxylic acids is 2. The van der Waals surface area contributed by atoms with E-state index in [1.807, 2.05) is 6.07 Å². The maximum atomic E-state index is 12.2. The standard InChI is InChI=1S/C18H25N5O3.ClH/c1-12(7-19)26-18(25)22-10-13-5-15(6-14(13)11-22)21-9-17(24)23-4-2-3-16(23)8-20;/h2-4,12-15,21H,5-7,9-11,19H2,1H3;1H/t12?,13-,14+,15?;. The van der Waals surface area contributed by atoms with Crippen molar-refractivity contribution in [3.05, 3.63) is 24.0 Å². The molecule has 1 aromatic rings. The zero-order chi connectivity index (χ0) is 18.7. The Hall–Kier alpha value is -2.08. The maximum absolute atomic E-state index is 12.2. The van der Waals surface area contributed by atoms with E-state index < -0.39 is 0 Å². The average molecular weight is 396 g/mol. The van der Waals surface area contributed by atoms with Crippen molar-refractivity contribution in [2.45, 2.75) is 31.9 Å². The average Bonchev–Trinajstić information content (AvgIpc) is 3.33. The van der Waals surface area contributed by atoms with Crippen molar-refractivity contribution in [1.82, 2.24) is 14.8 Å². The molecule has 1 aliphatic heterocycles. The Balaban J connectivity index is 0.00000261. The molecule has 27 heavy (non-hydrogen) atoms. The van der Waals surface area contributed by atoms with E-state index in [4.69, 9.17) is 15.7 Å². The second-order valence-electron chi connectivity index (χ2n) is 7.17. The number of amides is 1. The van der Waals surface area contributed by atoms with Crippen molar-refractivity contribution in [3.8, 4) is 6.07 Å². The van der Waals surface area contributed by atoms with E-state index in [-0.39, 0.29) is 43.1 Å². The summed E-state index contributed by atoms with van der Waals surface area (Å²) in [6, 6.07) is 5.58. The van der Waals surface area contributed by atoms with Gasteiger partial charge in [0.1, 0.15) is 17.9 Å². The van der Waals surface area contributed by atoms with Crippen molar-refractivity contribution < 1.29 is 14.3 Å². The highest BCUT2D eigenvalue weighted by atomic mass is 35.5. The summed E-state index contributed by atoms with van der Waals surface area (Å²) in [5.41, 5.74) is 5.84. The molecule has 9 heteroatoms. The van der Waals surface area contributed by atoms with Gasteiger partial charge in [0.15, 0.2) is 0 Å². The fraction of sp³-hybridized carbons (Fsp3) is 0.611. The van der Waals surface area contributed by atoms with Crippen LogP contribution >= 0.6 is 12.4 Å². The fourth-order valence-electron chi connectivity index (χ4n) is 3.92. The first-order valence-electron chi connectivity index (χ1n) is 9.01. The number of halogens is 1. The summed E-state index contributed by atoms with van der Waals surface area (Å²) in [6.07, 6.45) is 2.93. The normalized spacial score (nSPS) is 24.6. The molecule has 1 saturated carbocycles. The van der Waals surface area contributed by atoms with Crippen LogP contribution in [0.5, 0.6) is 0 Å². The number of hydrogen-bond donors (Lipinski definition) is 2. The van der Waals surface area contributed by atoms with Gasteiger partial charge in [-0.3, -0.25) is 9.36 Å². The van der Waals surface area contributed by atoms with Gasteiger partial charge in [-0.15, -0.1) is 12.4 Å². The summed E-state index contributed by atoms with van der Waals surface area (Å²) in [5.74, 6) is 0.735. The Morgan fingerprint density at radius 1 is 1.41 bits per heavy atom. The molecule has 0 aromatic carbocycles. The molecule has 1 aromatic heterocycles. The first-order valence-corrected chi connectivity index (χ1v) is 9.01. The summed E-state index contributed by atoms with van der Waals surface area (Å²) in [7, 11) is 0. The van der Waals surface area contributed by atoms with Gasteiger partial charge in [-0.05, 0) is 43.7 Å². The molecule has 2 unspecified atom stereocenters. The van der Waals surface area contributed by atoms with Crippen LogP contribution in [0.2, 0.25) is 0 Å². The van der Waals surface area contributed by atoms with Gasteiger partial charge in [-0.1, -0.05) is 0 Å². The summed E-state index contributed by atoms with van der Waals surface area (Å²) >= 11 is 0. The number of nitrogens with zero attached hydrogens (tertiary/aromatic N) is 3. The Morgan fingerprint density at radius 2 is 2.07 bits per heavy atom. The van der Waals surface area contributed by atoms with Gasteiger partial charge in [0.05, 0.1) is 6.54 Å². The van der Waals surface area contributed by atoms with Crippen molar-refractivity contribution >= 4 is 24.4 Å². The van der Waals surface area contributed by atoms with Gasteiger partial charge in [-0.2, -0.15) is 5.26 Å². The molecule has 1 saturated heterocycles. The number of nitriles is 1. The summed E-state index contributed by atoms with van der Waals surface area (Å²) in [5, 5.41) is 12.3. The summed E-state index contributed by atoms with van der Waals surface area (Å²) < 4.78 is 6.66. The molecule has 2 aliphatic rings. The van der Waals surface area contributed by atoms with Crippen LogP contribution in [-0.2, 0) is 4.74 Å². The zero-order valence-electron chi connectivity index (χ0n) is 15.3. The lowest BCUT2D eigenvalue weighted by Crippen LogP contribution is -2.37. The molecule has 0 spiro atoms. The number of rotatable bonds is 5. The lowest BCUT2D eigenvalue weighted by atomic mass is 10.0. The number of fused-ring (bicyclic) bond motifs is 1. The number of hydrogen-bond acceptors (Lipinski definition) is 6. The van der Waals surface area contributed by atoms with Gasteiger partial charge < -0.3 is 20.7 Å². The van der Waals surface area contributed by atoms with E-state index in [0.29, 0.717) is 37.2 Å². The zero-order valence-corrected chi connectivity index (χ0v) is 16.2. The molecule has 1 aliphatic carbocycles. The molecule has 0 radical (unpaired) electrons. The Kier molecular flexibility index (Phi) is 7.25. The highest BCUT2D eigenvalue weighted by Crippen LogP contribution is 2.38. The molecule has 148 valence electrons. The largest absolute Gasteiger partial charge is 0.445 e. The van der Waals surface area contributed by atoms with E-state index in [1.54, 1.807) is 30.2 Å². The van der Waals surface area contributed by atoms with Gasteiger partial charge in [0.25, 0.3) is 0 Å². The van der Waals surface area contributed by atoms with Gasteiger partial charge in [-0.25, -0.2) is 4.79 Å². The molecule has 3 N–H and O–H groups in total. The summed E-state index contributed by atoms with van der Waals surface area (Å²) in [6.45, 7) is 3.70. The molecule has 8 nitrogen and oxygen atoms in total. The predicted molar refractivity (Wildman–Crippen MR) is 102 cm³/mol. The number of nitrogens with two attached hydrogens (primary N) is 1. The number of likely N-dealkylation sites (tertiary alicyclic amines) is 1. The van der Waals surface area contributed by atoms with Gasteiger partial charge in [0, 0.05) is 31.9 Å². The van der Waals surface area contributed by atoms with Crippen LogP contribution in [0.15, 0.2) is 18.3 Å². The van der Waals surface area contributed by atoms with Crippen LogP contribution in [0.25, 0.3) is 0 Å². The first kappa shape index (κ1) is 21.2. The quantitative estimate of drug-likeness (QED) is 0.774. The molecule has 2 heterocycles. The Morgan fingerprint density at radius 3 is 2.67 bits per heavy atom. The van der Waals surface area contributed by atoms with Crippen LogP contribution < -0.4 is 11.1 Å². The summed E-state index contributed by atoms with van der Waals surface area (Å²) in [4.78, 5) is 26.1. The lowest BCUT2D eigenvalue weighted by molar-refractivity contribution is 0.0771. The first-order chi connectivity index (χ1) is 12.5. The van der Waals surface area contributed by atoms with E-state index in [9.17, 15) is 9.59 Å². The maximum Gasteiger partial charge on any atom is 0.410 e. The van der Waals surface area contributed by atoms with E-state index in [0.717, 1.165) is 12.8 Å². The number of aromatic nitrogens is 1. The second kappa shape index (κ2) is 9.22. The fourth-order valence-corrected chi connectivity index (χ4v) is 3.92. The highest BCUT2D eigenvalue weighted by Gasteiger charge is 2.42. The second-order valence-corrected chi connectivity index (χ2v) is 7.17. The third-order valence-corrected chi connectivity index (χ3v) is 5.32. The molecule has 0 bridgehead atoms. The minimum absolute atomic E-state index is 0. The molecular weight excluding hydrogens is 370 g/mol. The number of nitrogens with one attached hydrogen (secondary N) is 1. The van der Waals surface area contributed by atoms with Gasteiger partial charge in [0.2, 0.25) is 5.91 Å².